The number of nitrogens with one attached hydrogen (secondary N) is 1. The van der Waals surface area contributed by atoms with Gasteiger partial charge < -0.3 is 5.32 Å². The highest BCUT2D eigenvalue weighted by Gasteiger charge is 2.30. The van der Waals surface area contributed by atoms with E-state index in [1.165, 1.54) is 31.2 Å². The number of sulfonamides is 1. The van der Waals surface area contributed by atoms with Gasteiger partial charge in [-0.3, -0.25) is 0 Å². The van der Waals surface area contributed by atoms with Crippen LogP contribution in [0.5, 0.6) is 0 Å². The molecule has 24 heavy (non-hydrogen) atoms. The van der Waals surface area contributed by atoms with Crippen molar-refractivity contribution in [2.45, 2.75) is 18.0 Å². The molecule has 0 aliphatic rings. The van der Waals surface area contributed by atoms with Crippen molar-refractivity contribution in [2.24, 2.45) is 5.14 Å². The van der Waals surface area contributed by atoms with Gasteiger partial charge in [-0.1, -0.05) is 12.7 Å². The molecule has 2 aromatic rings. The number of hydrogen-bond donors (Lipinski definition) is 2. The molecule has 0 bridgehead atoms. The number of nitrogens with zero attached hydrogens (tertiary/aromatic N) is 1. The fourth-order valence-electron chi connectivity index (χ4n) is 2.02. The molecule has 0 fully saturated rings. The molecule has 0 aliphatic carbocycles. The van der Waals surface area contributed by atoms with E-state index in [4.69, 9.17) is 5.14 Å². The van der Waals surface area contributed by atoms with E-state index in [1.807, 2.05) is 0 Å². The van der Waals surface area contributed by atoms with Gasteiger partial charge in [0.1, 0.15) is 10.7 Å². The Morgan fingerprint density at radius 1 is 1.25 bits per heavy atom. The normalized spacial score (nSPS) is 12.0. The maximum absolute atomic E-state index is 12.6. The zero-order valence-electron chi connectivity index (χ0n) is 12.6. The van der Waals surface area contributed by atoms with Crippen LogP contribution in [0.25, 0.3) is 6.08 Å². The Hall–Kier alpha value is -2.39. The molecule has 0 unspecified atom stereocenters. The Balaban J connectivity index is 2.40. The molecule has 0 radical (unpaired) electrons. The minimum atomic E-state index is -4.42. The molecule has 3 N–H and O–H groups in total. The van der Waals surface area contributed by atoms with Crippen molar-refractivity contribution < 1.29 is 21.6 Å². The first-order valence-corrected chi connectivity index (χ1v) is 8.18. The number of anilines is 2. The summed E-state index contributed by atoms with van der Waals surface area (Å²) in [6, 6.07) is 5.67. The van der Waals surface area contributed by atoms with E-state index < -0.39 is 21.8 Å². The van der Waals surface area contributed by atoms with Gasteiger partial charge in [0.05, 0.1) is 11.3 Å². The summed E-state index contributed by atoms with van der Waals surface area (Å²) in [6.45, 7) is 5.03. The van der Waals surface area contributed by atoms with Crippen LogP contribution in [-0.4, -0.2) is 13.4 Å². The van der Waals surface area contributed by atoms with Gasteiger partial charge in [0, 0.05) is 11.3 Å². The molecule has 9 heteroatoms. The lowest BCUT2D eigenvalue weighted by Crippen LogP contribution is -2.15. The van der Waals surface area contributed by atoms with Crippen molar-refractivity contribution in [1.29, 1.82) is 0 Å². The van der Waals surface area contributed by atoms with Crippen molar-refractivity contribution in [2.75, 3.05) is 5.32 Å². The third kappa shape index (κ3) is 3.92. The number of primary sulfonamides is 1. The van der Waals surface area contributed by atoms with Gasteiger partial charge in [0.2, 0.25) is 10.0 Å². The predicted molar refractivity (Wildman–Crippen MR) is 85.2 cm³/mol. The highest BCUT2D eigenvalue weighted by atomic mass is 32.2. The average Bonchev–Trinajstić information content (AvgIpc) is 2.45. The molecule has 0 aliphatic heterocycles. The zero-order valence-corrected chi connectivity index (χ0v) is 13.4. The number of aryl methyl sites for hydroxylation is 1. The summed E-state index contributed by atoms with van der Waals surface area (Å²) in [5.74, 6) is 0.259. The monoisotopic (exact) mass is 357 g/mol. The van der Waals surface area contributed by atoms with Crippen molar-refractivity contribution in [3.8, 4) is 0 Å². The second kappa shape index (κ2) is 6.25. The third-order valence-electron chi connectivity index (χ3n) is 3.20. The summed E-state index contributed by atoms with van der Waals surface area (Å²) < 4.78 is 60.7. The van der Waals surface area contributed by atoms with Gasteiger partial charge in [-0.2, -0.15) is 13.2 Å². The standard InChI is InChI=1S/C15H14F3N3O2S/c1-3-10-8-13(24(19,22)23)9(2)20-14(10)21-12-6-4-11(5-7-12)15(16,17)18/h3-8H,1H2,2H3,(H,20,21)(H2,19,22,23). The summed E-state index contributed by atoms with van der Waals surface area (Å²) in [5.41, 5.74) is 0.106. The van der Waals surface area contributed by atoms with E-state index in [2.05, 4.69) is 16.9 Å². The number of aromatic nitrogens is 1. The Bertz CT molecular complexity index is 876. The Morgan fingerprint density at radius 2 is 1.83 bits per heavy atom. The van der Waals surface area contributed by atoms with Crippen LogP contribution in [0.1, 0.15) is 16.8 Å². The minimum Gasteiger partial charge on any atom is -0.340 e. The number of benzene rings is 1. The van der Waals surface area contributed by atoms with Gasteiger partial charge >= 0.3 is 6.18 Å². The lowest BCUT2D eigenvalue weighted by molar-refractivity contribution is -0.137. The molecule has 1 heterocycles. The van der Waals surface area contributed by atoms with Gasteiger partial charge in [-0.25, -0.2) is 18.5 Å². The first kappa shape index (κ1) is 18.0. The average molecular weight is 357 g/mol. The fraction of sp³-hybridized carbons (Fsp3) is 0.133. The van der Waals surface area contributed by atoms with E-state index in [0.717, 1.165) is 12.1 Å². The van der Waals surface area contributed by atoms with Gasteiger partial charge in [0.15, 0.2) is 0 Å². The lowest BCUT2D eigenvalue weighted by Gasteiger charge is -2.13. The number of rotatable bonds is 4. The Kier molecular flexibility index (Phi) is 4.68. The maximum Gasteiger partial charge on any atom is 0.416 e. The van der Waals surface area contributed by atoms with Crippen molar-refractivity contribution in [3.05, 3.63) is 53.7 Å². The first-order chi connectivity index (χ1) is 11.0. The molecule has 128 valence electrons. The van der Waals surface area contributed by atoms with E-state index in [-0.39, 0.29) is 16.4 Å². The molecule has 5 nitrogen and oxygen atoms in total. The van der Waals surface area contributed by atoms with Gasteiger partial charge in [-0.15, -0.1) is 0 Å². The largest absolute Gasteiger partial charge is 0.416 e. The molecule has 2 rings (SSSR count). The summed E-state index contributed by atoms with van der Waals surface area (Å²) in [4.78, 5) is 3.97. The van der Waals surface area contributed by atoms with Crippen LogP contribution >= 0.6 is 0 Å². The van der Waals surface area contributed by atoms with Crippen molar-refractivity contribution in [3.63, 3.8) is 0 Å². The van der Waals surface area contributed by atoms with E-state index in [9.17, 15) is 21.6 Å². The van der Waals surface area contributed by atoms with Crippen LogP contribution in [0, 0.1) is 6.92 Å². The second-order valence-corrected chi connectivity index (χ2v) is 6.49. The molecule has 1 aromatic carbocycles. The van der Waals surface area contributed by atoms with Crippen molar-refractivity contribution >= 4 is 27.6 Å². The van der Waals surface area contributed by atoms with Crippen LogP contribution in [0.4, 0.5) is 24.7 Å². The minimum absolute atomic E-state index is 0.143. The number of hydrogen-bond acceptors (Lipinski definition) is 4. The predicted octanol–water partition coefficient (Wildman–Crippen LogP) is 3.44. The summed E-state index contributed by atoms with van der Waals surface area (Å²) in [5, 5.41) is 7.95. The Labute approximate surface area is 137 Å². The number of alkyl halides is 3. The molecular formula is C15H14F3N3O2S. The SMILES string of the molecule is C=Cc1cc(S(N)(=O)=O)c(C)nc1Nc1ccc(C(F)(F)F)cc1. The number of halogens is 3. The molecule has 0 saturated heterocycles. The van der Waals surface area contributed by atoms with E-state index in [0.29, 0.717) is 11.3 Å². The molecule has 0 saturated carbocycles. The second-order valence-electron chi connectivity index (χ2n) is 4.96. The van der Waals surface area contributed by atoms with E-state index in [1.54, 1.807) is 0 Å². The van der Waals surface area contributed by atoms with Gasteiger partial charge in [0.25, 0.3) is 0 Å². The summed E-state index contributed by atoms with van der Waals surface area (Å²) >= 11 is 0. The molecule has 1 aromatic heterocycles. The topological polar surface area (TPSA) is 85.1 Å². The fourth-order valence-corrected chi connectivity index (χ4v) is 2.77. The van der Waals surface area contributed by atoms with Crippen LogP contribution in [0.2, 0.25) is 0 Å². The molecule has 0 atom stereocenters. The van der Waals surface area contributed by atoms with Crippen LogP contribution in [0.3, 0.4) is 0 Å². The lowest BCUT2D eigenvalue weighted by atomic mass is 10.2. The van der Waals surface area contributed by atoms with Crippen LogP contribution in [0.15, 0.2) is 41.8 Å². The highest BCUT2D eigenvalue weighted by Crippen LogP contribution is 2.31. The summed E-state index contributed by atoms with van der Waals surface area (Å²) in [6.07, 6.45) is -3.05. The van der Waals surface area contributed by atoms with Crippen molar-refractivity contribution in [1.82, 2.24) is 4.98 Å². The quantitative estimate of drug-likeness (QED) is 0.878. The molecular weight excluding hydrogens is 343 g/mol. The number of nitrogens with two attached hydrogens (primary N) is 1. The Morgan fingerprint density at radius 3 is 2.29 bits per heavy atom. The third-order valence-corrected chi connectivity index (χ3v) is 4.22. The maximum atomic E-state index is 12.6. The van der Waals surface area contributed by atoms with Crippen LogP contribution < -0.4 is 10.5 Å². The smallest absolute Gasteiger partial charge is 0.340 e. The number of pyridine rings is 1. The highest BCUT2D eigenvalue weighted by molar-refractivity contribution is 7.89. The zero-order chi connectivity index (χ0) is 18.1. The van der Waals surface area contributed by atoms with E-state index >= 15 is 0 Å². The molecule has 0 amide bonds. The molecule has 0 spiro atoms. The van der Waals surface area contributed by atoms with Gasteiger partial charge in [-0.05, 0) is 37.3 Å². The first-order valence-electron chi connectivity index (χ1n) is 6.63. The summed E-state index contributed by atoms with van der Waals surface area (Å²) in [7, 11) is -3.94. The van der Waals surface area contributed by atoms with Crippen LogP contribution in [-0.2, 0) is 16.2 Å².